The summed E-state index contributed by atoms with van der Waals surface area (Å²) in [5.74, 6) is 5.64. The lowest BCUT2D eigenvalue weighted by molar-refractivity contribution is -0.237. The Morgan fingerprint density at radius 1 is 1.21 bits per heavy atom. The minimum Gasteiger partial charge on any atom is -0.465 e. The zero-order valence-electron chi connectivity index (χ0n) is 22.1. The second kappa shape index (κ2) is 9.29. The van der Waals surface area contributed by atoms with E-state index < -0.39 is 23.6 Å². The number of hydrogen-bond donors (Lipinski definition) is 2. The van der Waals surface area contributed by atoms with Gasteiger partial charge in [-0.1, -0.05) is 32.6 Å². The number of hydrogen-bond acceptors (Lipinski definition) is 6. The molecule has 3 fully saturated rings. The Hall–Kier alpha value is -3.62. The average molecular weight is 524 g/mol. The number of morpholine rings is 1. The summed E-state index contributed by atoms with van der Waals surface area (Å²) in [4.78, 5) is 52.2. The number of likely N-dealkylation sites (tertiary alicyclic amines) is 1. The second-order valence-corrected chi connectivity index (χ2v) is 11.5. The van der Waals surface area contributed by atoms with Crippen molar-refractivity contribution in [2.75, 3.05) is 32.8 Å². The largest absolute Gasteiger partial charge is 0.465 e. The molecule has 11 nitrogen and oxygen atoms in total. The van der Waals surface area contributed by atoms with E-state index in [9.17, 15) is 24.3 Å². The molecule has 3 saturated heterocycles. The second-order valence-electron chi connectivity index (χ2n) is 11.5. The fourth-order valence-electron chi connectivity index (χ4n) is 6.37. The molecule has 38 heavy (non-hydrogen) atoms. The van der Waals surface area contributed by atoms with Crippen molar-refractivity contribution in [1.82, 2.24) is 24.3 Å². The van der Waals surface area contributed by atoms with Crippen LogP contribution in [-0.2, 0) is 21.4 Å². The Bertz CT molecular complexity index is 1440. The number of ether oxygens (including phenoxy) is 1. The van der Waals surface area contributed by atoms with Crippen LogP contribution in [0.1, 0.15) is 45.2 Å². The molecule has 0 aliphatic carbocycles. The van der Waals surface area contributed by atoms with E-state index in [-0.39, 0.29) is 35.9 Å². The Labute approximate surface area is 220 Å². The van der Waals surface area contributed by atoms with E-state index in [1.165, 1.54) is 14.0 Å². The van der Waals surface area contributed by atoms with Crippen LogP contribution in [0, 0.1) is 17.3 Å². The van der Waals surface area contributed by atoms with Gasteiger partial charge in [-0.3, -0.25) is 28.9 Å². The van der Waals surface area contributed by atoms with E-state index in [1.54, 1.807) is 13.1 Å². The van der Waals surface area contributed by atoms with Gasteiger partial charge in [-0.2, -0.15) is 0 Å². The molecule has 1 aromatic heterocycles. The summed E-state index contributed by atoms with van der Waals surface area (Å²) in [5.41, 5.74) is 1.02. The highest BCUT2D eigenvalue weighted by Crippen LogP contribution is 2.44. The molecule has 0 radical (unpaired) electrons. The summed E-state index contributed by atoms with van der Waals surface area (Å²) in [6.45, 7) is 8.60. The van der Waals surface area contributed by atoms with Crippen LogP contribution in [0.15, 0.2) is 23.0 Å². The van der Waals surface area contributed by atoms with Gasteiger partial charge in [0.25, 0.3) is 0 Å². The summed E-state index contributed by atoms with van der Waals surface area (Å²) in [7, 11) is 1.66. The molecule has 1 spiro atoms. The number of fused-ring (bicyclic) bond motifs is 1. The number of benzene rings is 1. The fourth-order valence-corrected chi connectivity index (χ4v) is 6.37. The normalized spacial score (nSPS) is 26.2. The Balaban J connectivity index is 1.36. The molecule has 11 heteroatoms. The van der Waals surface area contributed by atoms with E-state index in [1.807, 2.05) is 12.1 Å². The monoisotopic (exact) mass is 523 g/mol. The predicted octanol–water partition coefficient (Wildman–Crippen LogP) is 1.15. The highest BCUT2D eigenvalue weighted by Gasteiger charge is 2.60. The maximum atomic E-state index is 13.0. The van der Waals surface area contributed by atoms with Crippen LogP contribution < -0.4 is 11.0 Å². The van der Waals surface area contributed by atoms with Gasteiger partial charge in [0.05, 0.1) is 30.7 Å². The number of carbonyl (C=O) groups excluding carboxylic acids is 2. The molecule has 3 aliphatic heterocycles. The summed E-state index contributed by atoms with van der Waals surface area (Å²) in [6, 6.07) is 4.73. The maximum absolute atomic E-state index is 13.0. The quantitative estimate of drug-likeness (QED) is 0.447. The van der Waals surface area contributed by atoms with Gasteiger partial charge in [0.1, 0.15) is 11.6 Å². The van der Waals surface area contributed by atoms with Gasteiger partial charge in [-0.15, -0.1) is 0 Å². The lowest BCUT2D eigenvalue weighted by Gasteiger charge is -2.63. The Morgan fingerprint density at radius 3 is 2.66 bits per heavy atom. The molecule has 4 heterocycles. The van der Waals surface area contributed by atoms with E-state index in [4.69, 9.17) is 4.74 Å². The van der Waals surface area contributed by atoms with Crippen molar-refractivity contribution in [3.63, 3.8) is 0 Å². The van der Waals surface area contributed by atoms with E-state index >= 15 is 0 Å². The van der Waals surface area contributed by atoms with Crippen LogP contribution in [0.25, 0.3) is 11.0 Å². The predicted molar refractivity (Wildman–Crippen MR) is 139 cm³/mol. The zero-order chi connectivity index (χ0) is 27.4. The van der Waals surface area contributed by atoms with Gasteiger partial charge >= 0.3 is 11.8 Å². The third-order valence-corrected chi connectivity index (χ3v) is 7.76. The average Bonchev–Trinajstić information content (AvgIpc) is 3.07. The smallest absolute Gasteiger partial charge is 0.407 e. The summed E-state index contributed by atoms with van der Waals surface area (Å²) in [6.07, 6.45) is -0.448. The van der Waals surface area contributed by atoms with E-state index in [2.05, 4.69) is 42.8 Å². The first kappa shape index (κ1) is 26.0. The third-order valence-electron chi connectivity index (χ3n) is 7.76. The number of carbonyl (C=O) groups is 3. The van der Waals surface area contributed by atoms with Crippen molar-refractivity contribution >= 4 is 28.9 Å². The number of rotatable bonds is 2. The molecule has 3 atom stereocenters. The topological polar surface area (TPSA) is 126 Å². The Kier molecular flexibility index (Phi) is 6.36. The number of imide groups is 1. The van der Waals surface area contributed by atoms with Crippen LogP contribution >= 0.6 is 0 Å². The molecule has 0 bridgehead atoms. The van der Waals surface area contributed by atoms with Crippen LogP contribution in [0.4, 0.5) is 4.79 Å². The molecule has 3 amide bonds. The molecular weight excluding hydrogens is 490 g/mol. The summed E-state index contributed by atoms with van der Waals surface area (Å²) in [5, 5.41) is 11.8. The van der Waals surface area contributed by atoms with Crippen LogP contribution in [-0.4, -0.2) is 86.4 Å². The Morgan fingerprint density at radius 2 is 1.97 bits per heavy atom. The first-order valence-corrected chi connectivity index (χ1v) is 12.8. The number of carboxylic acid groups (broad SMARTS) is 1. The van der Waals surface area contributed by atoms with Crippen molar-refractivity contribution in [3.8, 4) is 11.8 Å². The minimum absolute atomic E-state index is 0.0114. The molecule has 3 aliphatic rings. The number of nitrogens with zero attached hydrogens (tertiary/aromatic N) is 4. The van der Waals surface area contributed by atoms with E-state index in [0.717, 1.165) is 5.56 Å². The SMILES string of the molecule is Cn1c(=O)n(C2CCC(=O)NC2=O)c2ccc(C#CCN3CC4(CN(C(=O)O)CCO4)C3C(C)(C)C)cc21. The number of nitrogens with one attached hydrogen (secondary N) is 1. The van der Waals surface area contributed by atoms with Gasteiger partial charge in [-0.25, -0.2) is 9.59 Å². The maximum Gasteiger partial charge on any atom is 0.407 e. The highest BCUT2D eigenvalue weighted by molar-refractivity contribution is 6.00. The minimum atomic E-state index is -0.921. The molecule has 5 rings (SSSR count). The van der Waals surface area contributed by atoms with Crippen LogP contribution in [0.2, 0.25) is 0 Å². The molecular formula is C27H33N5O6. The van der Waals surface area contributed by atoms with E-state index in [0.29, 0.717) is 43.8 Å². The zero-order valence-corrected chi connectivity index (χ0v) is 22.1. The summed E-state index contributed by atoms with van der Waals surface area (Å²) < 4.78 is 9.12. The summed E-state index contributed by atoms with van der Waals surface area (Å²) >= 11 is 0. The number of aryl methyl sites for hydroxylation is 1. The molecule has 202 valence electrons. The number of imidazole rings is 1. The number of amides is 3. The molecule has 1 aromatic carbocycles. The van der Waals surface area contributed by atoms with Gasteiger partial charge in [0.2, 0.25) is 11.8 Å². The molecule has 0 saturated carbocycles. The number of aromatic nitrogens is 2. The van der Waals surface area contributed by atoms with Crippen LogP contribution in [0.5, 0.6) is 0 Å². The standard InChI is InChI=1S/C27H33N5O6/c1-26(2,3)23-27(16-31(25(36)37)12-13-38-27)15-30(23)11-5-6-17-7-8-18-20(14-17)29(4)24(35)32(18)19-9-10-21(33)28-22(19)34/h7-8,14,19,23H,9-13,15-16H2,1-4H3,(H,36,37)(H,28,33,34). The van der Waals surface area contributed by atoms with Gasteiger partial charge in [0.15, 0.2) is 0 Å². The highest BCUT2D eigenvalue weighted by atomic mass is 16.5. The van der Waals surface area contributed by atoms with Gasteiger partial charge in [-0.05, 0) is 30.0 Å². The fraction of sp³-hybridized carbons (Fsp3) is 0.556. The third kappa shape index (κ3) is 4.37. The van der Waals surface area contributed by atoms with Crippen molar-refractivity contribution in [3.05, 3.63) is 34.2 Å². The lowest BCUT2D eigenvalue weighted by atomic mass is 9.68. The number of piperidine rings is 1. The van der Waals surface area contributed by atoms with Gasteiger partial charge < -0.3 is 14.7 Å². The van der Waals surface area contributed by atoms with Crippen molar-refractivity contribution in [1.29, 1.82) is 0 Å². The van der Waals surface area contributed by atoms with Crippen molar-refractivity contribution in [2.45, 2.75) is 51.3 Å². The lowest BCUT2D eigenvalue weighted by Crippen LogP contribution is -2.79. The van der Waals surface area contributed by atoms with Crippen LogP contribution in [0.3, 0.4) is 0 Å². The first-order valence-electron chi connectivity index (χ1n) is 12.8. The van der Waals surface area contributed by atoms with Crippen molar-refractivity contribution < 1.29 is 24.2 Å². The first-order chi connectivity index (χ1) is 17.9. The van der Waals surface area contributed by atoms with Crippen molar-refractivity contribution in [2.24, 2.45) is 12.5 Å². The molecule has 2 aromatic rings. The molecule has 3 unspecified atom stereocenters. The van der Waals surface area contributed by atoms with Gasteiger partial charge in [0, 0.05) is 38.2 Å². The molecule has 2 N–H and O–H groups in total.